The molecule has 0 radical (unpaired) electrons. The summed E-state index contributed by atoms with van der Waals surface area (Å²) >= 11 is 4.94. The highest BCUT2D eigenvalue weighted by atomic mass is 79.9. The predicted octanol–water partition coefficient (Wildman–Crippen LogP) is 1.79. The van der Waals surface area contributed by atoms with Crippen molar-refractivity contribution in [2.24, 2.45) is 5.73 Å². The lowest BCUT2D eigenvalue weighted by molar-refractivity contribution is -0.123. The minimum Gasteiger partial charge on any atom is -0.368 e. The van der Waals surface area contributed by atoms with Crippen LogP contribution in [0.2, 0.25) is 0 Å². The van der Waals surface area contributed by atoms with Crippen molar-refractivity contribution in [1.29, 1.82) is 0 Å². The molecule has 0 aromatic carbocycles. The van der Waals surface area contributed by atoms with Gasteiger partial charge in [0.05, 0.1) is 10.6 Å². The van der Waals surface area contributed by atoms with Gasteiger partial charge in [0, 0.05) is 16.4 Å². The number of nitrogens with zero attached hydrogens (tertiary/aromatic N) is 1. The summed E-state index contributed by atoms with van der Waals surface area (Å²) in [6, 6.07) is 3.89. The van der Waals surface area contributed by atoms with Gasteiger partial charge in [-0.2, -0.15) is 0 Å². The molecule has 6 heteroatoms. The van der Waals surface area contributed by atoms with Crippen LogP contribution < -0.4 is 11.1 Å². The summed E-state index contributed by atoms with van der Waals surface area (Å²) in [6.07, 6.45) is 2.43. The van der Waals surface area contributed by atoms with Gasteiger partial charge in [-0.25, -0.2) is 4.98 Å². The molecule has 3 N–H and O–H groups in total. The third-order valence-electron chi connectivity index (χ3n) is 2.65. The monoisotopic (exact) mass is 317 g/mol. The first kappa shape index (κ1) is 14.5. The van der Waals surface area contributed by atoms with Crippen LogP contribution in [0.25, 0.3) is 0 Å². The fraction of sp³-hybridized carbons (Fsp3) is 0.455. The van der Waals surface area contributed by atoms with Crippen LogP contribution in [-0.2, 0) is 4.79 Å². The van der Waals surface area contributed by atoms with E-state index in [1.54, 1.807) is 25.0 Å². The second-order valence-electron chi connectivity index (χ2n) is 3.86. The maximum atomic E-state index is 11.3. The van der Waals surface area contributed by atoms with Crippen LogP contribution in [0.5, 0.6) is 0 Å². The summed E-state index contributed by atoms with van der Waals surface area (Å²) in [4.78, 5) is 15.5. The third kappa shape index (κ3) is 4.29. The Kier molecular flexibility index (Phi) is 5.42. The molecule has 17 heavy (non-hydrogen) atoms. The van der Waals surface area contributed by atoms with Gasteiger partial charge in [0.25, 0.3) is 0 Å². The molecule has 1 atom stereocenters. The Morgan fingerprint density at radius 2 is 2.35 bits per heavy atom. The Bertz CT molecular complexity index is 385. The number of rotatable bonds is 6. The summed E-state index contributed by atoms with van der Waals surface area (Å²) in [7, 11) is 1.74. The summed E-state index contributed by atoms with van der Waals surface area (Å²) in [5.74, 6) is 0.457. The molecule has 1 unspecified atom stereocenters. The Morgan fingerprint density at radius 1 is 1.65 bits per heavy atom. The van der Waals surface area contributed by atoms with Crippen LogP contribution in [0.1, 0.15) is 13.3 Å². The highest BCUT2D eigenvalue weighted by Crippen LogP contribution is 2.21. The van der Waals surface area contributed by atoms with Crippen LogP contribution in [0.15, 0.2) is 27.8 Å². The van der Waals surface area contributed by atoms with E-state index in [4.69, 9.17) is 5.73 Å². The smallest absolute Gasteiger partial charge is 0.237 e. The van der Waals surface area contributed by atoms with Gasteiger partial charge in [0.1, 0.15) is 0 Å². The van der Waals surface area contributed by atoms with Gasteiger partial charge in [0.2, 0.25) is 5.91 Å². The van der Waals surface area contributed by atoms with Crippen molar-refractivity contribution >= 4 is 33.6 Å². The number of carbonyl (C=O) groups is 1. The van der Waals surface area contributed by atoms with E-state index in [1.165, 1.54) is 0 Å². The first-order valence-corrected chi connectivity index (χ1v) is 6.99. The lowest BCUT2D eigenvalue weighted by Gasteiger charge is -2.24. The molecule has 4 nitrogen and oxygen atoms in total. The Hall–Kier alpha value is -0.590. The SMILES string of the molecule is CNC(C)(CCSc1ccc(Br)cn1)C(N)=O. The maximum Gasteiger partial charge on any atom is 0.237 e. The summed E-state index contributed by atoms with van der Waals surface area (Å²) in [5.41, 5.74) is 4.70. The van der Waals surface area contributed by atoms with Crippen LogP contribution in [0, 0.1) is 0 Å². The van der Waals surface area contributed by atoms with E-state index in [9.17, 15) is 4.79 Å². The zero-order valence-electron chi connectivity index (χ0n) is 9.87. The number of amides is 1. The van der Waals surface area contributed by atoms with Crippen LogP contribution in [0.4, 0.5) is 0 Å². The van der Waals surface area contributed by atoms with Crippen molar-refractivity contribution in [2.75, 3.05) is 12.8 Å². The van der Waals surface area contributed by atoms with Crippen LogP contribution >= 0.6 is 27.7 Å². The molecule has 1 amide bonds. The molecule has 1 aromatic rings. The number of hydrogen-bond donors (Lipinski definition) is 2. The van der Waals surface area contributed by atoms with E-state index in [-0.39, 0.29) is 5.91 Å². The van der Waals surface area contributed by atoms with Gasteiger partial charge in [0.15, 0.2) is 0 Å². The van der Waals surface area contributed by atoms with E-state index in [1.807, 2.05) is 19.1 Å². The molecule has 1 aromatic heterocycles. The molecule has 0 aliphatic heterocycles. The molecule has 1 rings (SSSR count). The number of carbonyl (C=O) groups excluding carboxylic acids is 1. The van der Waals surface area contributed by atoms with Crippen molar-refractivity contribution in [2.45, 2.75) is 23.9 Å². The lowest BCUT2D eigenvalue weighted by Crippen LogP contribution is -2.51. The number of hydrogen-bond acceptors (Lipinski definition) is 4. The van der Waals surface area contributed by atoms with E-state index < -0.39 is 5.54 Å². The number of pyridine rings is 1. The number of primary amides is 1. The standard InChI is InChI=1S/C11H16BrN3OS/c1-11(14-2,10(13)16)5-6-17-9-4-3-8(12)7-15-9/h3-4,7,14H,5-6H2,1-2H3,(H2,13,16). The average Bonchev–Trinajstić information content (AvgIpc) is 2.31. The normalized spacial score (nSPS) is 14.3. The van der Waals surface area contributed by atoms with E-state index in [0.29, 0.717) is 6.42 Å². The van der Waals surface area contributed by atoms with Gasteiger partial charge < -0.3 is 11.1 Å². The number of nitrogens with one attached hydrogen (secondary N) is 1. The topological polar surface area (TPSA) is 68.0 Å². The fourth-order valence-corrected chi connectivity index (χ4v) is 2.42. The zero-order chi connectivity index (χ0) is 12.9. The molecule has 94 valence electrons. The van der Waals surface area contributed by atoms with E-state index in [2.05, 4.69) is 26.2 Å². The average molecular weight is 318 g/mol. The quantitative estimate of drug-likeness (QED) is 0.785. The zero-order valence-corrected chi connectivity index (χ0v) is 12.3. The Labute approximate surface area is 114 Å². The van der Waals surface area contributed by atoms with Gasteiger partial charge >= 0.3 is 0 Å². The minimum absolute atomic E-state index is 0.329. The first-order valence-electron chi connectivity index (χ1n) is 5.21. The first-order chi connectivity index (χ1) is 7.98. The van der Waals surface area contributed by atoms with E-state index >= 15 is 0 Å². The molecule has 0 bridgehead atoms. The molecule has 1 heterocycles. The van der Waals surface area contributed by atoms with Gasteiger partial charge in [-0.3, -0.25) is 4.79 Å². The molecular formula is C11H16BrN3OS. The molecule has 0 saturated carbocycles. The van der Waals surface area contributed by atoms with E-state index in [0.717, 1.165) is 15.3 Å². The number of aromatic nitrogens is 1. The Morgan fingerprint density at radius 3 is 2.82 bits per heavy atom. The number of nitrogens with two attached hydrogens (primary N) is 1. The van der Waals surface area contributed by atoms with Crippen LogP contribution in [0.3, 0.4) is 0 Å². The number of halogens is 1. The fourth-order valence-electron chi connectivity index (χ4n) is 1.18. The maximum absolute atomic E-state index is 11.3. The van der Waals surface area contributed by atoms with Crippen molar-refractivity contribution in [1.82, 2.24) is 10.3 Å². The van der Waals surface area contributed by atoms with Gasteiger partial charge in [-0.15, -0.1) is 11.8 Å². The second kappa shape index (κ2) is 6.37. The molecule has 0 aliphatic carbocycles. The summed E-state index contributed by atoms with van der Waals surface area (Å²) < 4.78 is 0.957. The largest absolute Gasteiger partial charge is 0.368 e. The molecular weight excluding hydrogens is 302 g/mol. The van der Waals surface area contributed by atoms with Crippen molar-refractivity contribution in [3.8, 4) is 0 Å². The Balaban J connectivity index is 2.47. The lowest BCUT2D eigenvalue weighted by atomic mass is 9.99. The van der Waals surface area contributed by atoms with Gasteiger partial charge in [-0.05, 0) is 48.5 Å². The van der Waals surface area contributed by atoms with Crippen molar-refractivity contribution in [3.05, 3.63) is 22.8 Å². The highest BCUT2D eigenvalue weighted by Gasteiger charge is 2.28. The van der Waals surface area contributed by atoms with Crippen molar-refractivity contribution < 1.29 is 4.79 Å². The molecule has 0 fully saturated rings. The number of thioether (sulfide) groups is 1. The number of likely N-dealkylation sites (N-methyl/N-ethyl adjacent to an activating group) is 1. The third-order valence-corrected chi connectivity index (χ3v) is 4.06. The van der Waals surface area contributed by atoms with Crippen molar-refractivity contribution in [3.63, 3.8) is 0 Å². The second-order valence-corrected chi connectivity index (χ2v) is 5.89. The molecule has 0 aliphatic rings. The summed E-state index contributed by atoms with van der Waals surface area (Å²) in [5, 5.41) is 3.90. The molecule has 0 spiro atoms. The van der Waals surface area contributed by atoms with Crippen LogP contribution in [-0.4, -0.2) is 29.2 Å². The summed E-state index contributed by atoms with van der Waals surface area (Å²) in [6.45, 7) is 1.81. The highest BCUT2D eigenvalue weighted by molar-refractivity contribution is 9.10. The van der Waals surface area contributed by atoms with Gasteiger partial charge in [-0.1, -0.05) is 0 Å². The molecule has 0 saturated heterocycles. The predicted molar refractivity (Wildman–Crippen MR) is 73.9 cm³/mol. The minimum atomic E-state index is -0.650.